The summed E-state index contributed by atoms with van der Waals surface area (Å²) in [6.07, 6.45) is 11.2. The number of allylic oxidation sites excluding steroid dienone is 2. The maximum absolute atomic E-state index is 5.92. The first-order valence-corrected chi connectivity index (χ1v) is 13.5. The molecule has 2 aliphatic heterocycles. The van der Waals surface area contributed by atoms with Crippen LogP contribution in [0, 0.1) is 13.8 Å². The molecule has 0 bridgehead atoms. The molecule has 5 heteroatoms. The van der Waals surface area contributed by atoms with Crippen molar-refractivity contribution in [2.24, 2.45) is 0 Å². The minimum Gasteiger partial charge on any atom is -0.372 e. The largest absolute Gasteiger partial charge is 0.372 e. The quantitative estimate of drug-likeness (QED) is 0.354. The minimum absolute atomic E-state index is 0.654. The summed E-state index contributed by atoms with van der Waals surface area (Å²) in [6, 6.07) is 13.4. The third-order valence-corrected chi connectivity index (χ3v) is 8.42. The van der Waals surface area contributed by atoms with Crippen molar-refractivity contribution < 1.29 is 9.30 Å². The molecule has 3 nitrogen and oxygen atoms in total. The number of ether oxygens (including phenoxy) is 1. The van der Waals surface area contributed by atoms with Gasteiger partial charge in [0.15, 0.2) is 0 Å². The first-order valence-electron chi connectivity index (χ1n) is 11.9. The lowest BCUT2D eigenvalue weighted by Crippen LogP contribution is -2.33. The second-order valence-corrected chi connectivity index (χ2v) is 10.9. The molecule has 34 heavy (non-hydrogen) atoms. The number of aromatic nitrogens is 1. The molecule has 3 aromatic rings. The van der Waals surface area contributed by atoms with Crippen molar-refractivity contribution in [2.75, 3.05) is 24.7 Å². The zero-order chi connectivity index (χ0) is 23.7. The van der Waals surface area contributed by atoms with Gasteiger partial charge in [0.05, 0.1) is 23.9 Å². The number of anilines is 1. The van der Waals surface area contributed by atoms with Crippen molar-refractivity contribution in [3.8, 4) is 0 Å². The molecule has 0 unspecified atom stereocenters. The highest BCUT2D eigenvalue weighted by Crippen LogP contribution is 2.46. The van der Waals surface area contributed by atoms with E-state index in [4.69, 9.17) is 4.74 Å². The summed E-state index contributed by atoms with van der Waals surface area (Å²) in [6.45, 7) is 12.0. The predicted molar refractivity (Wildman–Crippen MR) is 147 cm³/mol. The van der Waals surface area contributed by atoms with Crippen LogP contribution in [0.2, 0.25) is 0 Å². The van der Waals surface area contributed by atoms with Crippen molar-refractivity contribution in [1.82, 2.24) is 0 Å². The standard InChI is InChI=1S/C29H31N2OS2/c1-5-30-24-11-7-20(3)15-26(24)33-28(30)13-9-22-17-23(19-32-18-22)10-14-29-31(6-2)25-12-8-21(4)16-27(25)34-29/h7-17H,5-6,18-19H2,1-4H3/q+1. The molecule has 0 aliphatic carbocycles. The zero-order valence-electron chi connectivity index (χ0n) is 20.3. The van der Waals surface area contributed by atoms with Gasteiger partial charge in [0.25, 0.3) is 5.01 Å². The number of hydrogen-bond donors (Lipinski definition) is 0. The Morgan fingerprint density at radius 2 is 1.82 bits per heavy atom. The Kier molecular flexibility index (Phi) is 6.77. The van der Waals surface area contributed by atoms with Crippen LogP contribution >= 0.6 is 23.1 Å². The number of rotatable bonds is 5. The normalized spacial score (nSPS) is 18.5. The van der Waals surface area contributed by atoms with Crippen LogP contribution in [0.1, 0.15) is 30.0 Å². The van der Waals surface area contributed by atoms with Gasteiger partial charge >= 0.3 is 0 Å². The second-order valence-electron chi connectivity index (χ2n) is 8.77. The molecule has 174 valence electrons. The Bertz CT molecular complexity index is 1360. The van der Waals surface area contributed by atoms with Crippen molar-refractivity contribution in [3.63, 3.8) is 0 Å². The summed E-state index contributed by atoms with van der Waals surface area (Å²) >= 11 is 3.70. The van der Waals surface area contributed by atoms with Crippen LogP contribution in [-0.2, 0) is 11.3 Å². The van der Waals surface area contributed by atoms with E-state index in [1.807, 2.05) is 23.1 Å². The van der Waals surface area contributed by atoms with Crippen LogP contribution in [0.15, 0.2) is 81.8 Å². The number of fused-ring (bicyclic) bond motifs is 2. The van der Waals surface area contributed by atoms with Crippen LogP contribution in [-0.4, -0.2) is 19.8 Å². The Morgan fingerprint density at radius 3 is 2.65 bits per heavy atom. The van der Waals surface area contributed by atoms with E-state index >= 15 is 0 Å². The van der Waals surface area contributed by atoms with Crippen molar-refractivity contribution in [2.45, 2.75) is 39.1 Å². The molecule has 5 rings (SSSR count). The Labute approximate surface area is 210 Å². The molecule has 0 spiro atoms. The summed E-state index contributed by atoms with van der Waals surface area (Å²) in [5.41, 5.74) is 7.64. The highest BCUT2D eigenvalue weighted by Gasteiger charge is 2.23. The van der Waals surface area contributed by atoms with Crippen molar-refractivity contribution in [1.29, 1.82) is 0 Å². The van der Waals surface area contributed by atoms with Crippen molar-refractivity contribution >= 4 is 45.1 Å². The van der Waals surface area contributed by atoms with Gasteiger partial charge in [0.2, 0.25) is 5.52 Å². The SMILES string of the molecule is CCN1/C(=C/C=C2C=C(/C=C/c3sc4cc(C)ccc4[n+]3CC)COC/2)Sc2cc(C)ccc21. The summed E-state index contributed by atoms with van der Waals surface area (Å²) in [4.78, 5) is 3.73. The van der Waals surface area contributed by atoms with E-state index in [1.165, 1.54) is 53.1 Å². The Balaban J connectivity index is 1.38. The molecular weight excluding hydrogens is 456 g/mol. The fraction of sp³-hybridized carbons (Fsp3) is 0.276. The van der Waals surface area contributed by atoms with Gasteiger partial charge in [-0.15, -0.1) is 0 Å². The average Bonchev–Trinajstić information content (AvgIpc) is 3.37. The molecule has 3 heterocycles. The third-order valence-electron chi connectivity index (χ3n) is 6.19. The smallest absolute Gasteiger partial charge is 0.262 e. The van der Waals surface area contributed by atoms with E-state index in [0.29, 0.717) is 13.2 Å². The van der Waals surface area contributed by atoms with Crippen LogP contribution < -0.4 is 9.47 Å². The van der Waals surface area contributed by atoms with E-state index in [9.17, 15) is 0 Å². The zero-order valence-corrected chi connectivity index (χ0v) is 21.9. The Hall–Kier alpha value is -2.60. The fourth-order valence-corrected chi connectivity index (χ4v) is 6.94. The van der Waals surface area contributed by atoms with Gasteiger partial charge in [0, 0.05) is 23.6 Å². The number of benzene rings is 2. The number of thiazole rings is 1. The molecule has 0 radical (unpaired) electrons. The lowest BCUT2D eigenvalue weighted by molar-refractivity contribution is -0.665. The van der Waals surface area contributed by atoms with Crippen LogP contribution in [0.25, 0.3) is 16.3 Å². The maximum Gasteiger partial charge on any atom is 0.262 e. The maximum atomic E-state index is 5.92. The van der Waals surface area contributed by atoms with Gasteiger partial charge in [-0.2, -0.15) is 4.57 Å². The predicted octanol–water partition coefficient (Wildman–Crippen LogP) is 7.20. The highest BCUT2D eigenvalue weighted by molar-refractivity contribution is 8.03. The number of nitrogens with zero attached hydrogens (tertiary/aromatic N) is 2. The van der Waals surface area contributed by atoms with Gasteiger partial charge in [-0.3, -0.25) is 0 Å². The number of hydrogen-bond acceptors (Lipinski definition) is 4. The van der Waals surface area contributed by atoms with Gasteiger partial charge < -0.3 is 9.64 Å². The van der Waals surface area contributed by atoms with Gasteiger partial charge in [0.1, 0.15) is 11.2 Å². The summed E-state index contributed by atoms with van der Waals surface area (Å²) < 4.78 is 9.65. The molecular formula is C29H31N2OS2+. The molecule has 2 aliphatic rings. The lowest BCUT2D eigenvalue weighted by atomic mass is 10.1. The van der Waals surface area contributed by atoms with Crippen LogP contribution in [0.5, 0.6) is 0 Å². The second kappa shape index (κ2) is 9.95. The average molecular weight is 488 g/mol. The fourth-order valence-electron chi connectivity index (χ4n) is 4.48. The topological polar surface area (TPSA) is 16.4 Å². The molecule has 0 fully saturated rings. The molecule has 2 aromatic carbocycles. The van der Waals surface area contributed by atoms with E-state index < -0.39 is 0 Å². The lowest BCUT2D eigenvalue weighted by Gasteiger charge is -2.18. The van der Waals surface area contributed by atoms with Crippen molar-refractivity contribution in [3.05, 3.63) is 93.0 Å². The van der Waals surface area contributed by atoms with E-state index in [1.54, 1.807) is 0 Å². The minimum atomic E-state index is 0.654. The van der Waals surface area contributed by atoms with E-state index in [-0.39, 0.29) is 0 Å². The monoisotopic (exact) mass is 487 g/mol. The highest BCUT2D eigenvalue weighted by atomic mass is 32.2. The molecule has 0 saturated heterocycles. The molecule has 0 N–H and O–H groups in total. The molecule has 0 amide bonds. The molecule has 0 saturated carbocycles. The van der Waals surface area contributed by atoms with Gasteiger partial charge in [-0.25, -0.2) is 0 Å². The van der Waals surface area contributed by atoms with E-state index in [0.717, 1.165) is 13.1 Å². The summed E-state index contributed by atoms with van der Waals surface area (Å²) in [7, 11) is 0. The Morgan fingerprint density at radius 1 is 1.00 bits per heavy atom. The summed E-state index contributed by atoms with van der Waals surface area (Å²) in [5.74, 6) is 0. The molecule has 1 aromatic heterocycles. The van der Waals surface area contributed by atoms with Gasteiger partial charge in [-0.05, 0) is 80.3 Å². The summed E-state index contributed by atoms with van der Waals surface area (Å²) in [5, 5.41) is 2.55. The third kappa shape index (κ3) is 4.65. The number of aryl methyl sites for hydroxylation is 3. The van der Waals surface area contributed by atoms with E-state index in [2.05, 4.69) is 104 Å². The van der Waals surface area contributed by atoms with Crippen LogP contribution in [0.3, 0.4) is 0 Å². The first-order chi connectivity index (χ1) is 16.6. The first kappa shape index (κ1) is 23.2. The molecule has 0 atom stereocenters. The van der Waals surface area contributed by atoms with Crippen LogP contribution in [0.4, 0.5) is 5.69 Å². The number of thioether (sulfide) groups is 1. The van der Waals surface area contributed by atoms with Gasteiger partial charge in [-0.1, -0.05) is 47.4 Å².